The third-order valence-corrected chi connectivity index (χ3v) is 3.07. The lowest BCUT2D eigenvalue weighted by Gasteiger charge is -2.16. The zero-order valence-electron chi connectivity index (χ0n) is 14.2. The number of carbonyl (C=O) groups is 1. The summed E-state index contributed by atoms with van der Waals surface area (Å²) in [6.07, 6.45) is 0. The van der Waals surface area contributed by atoms with E-state index in [-0.39, 0.29) is 12.5 Å². The van der Waals surface area contributed by atoms with E-state index in [2.05, 4.69) is 25.6 Å². The van der Waals surface area contributed by atoms with Gasteiger partial charge in [0, 0.05) is 19.2 Å². The first kappa shape index (κ1) is 17.5. The van der Waals surface area contributed by atoms with E-state index in [0.29, 0.717) is 18.2 Å². The van der Waals surface area contributed by atoms with Crippen LogP contribution >= 0.6 is 0 Å². The van der Waals surface area contributed by atoms with E-state index in [4.69, 9.17) is 4.84 Å². The molecule has 0 saturated heterocycles. The number of hydrogen-bond acceptors (Lipinski definition) is 7. The second-order valence-electron chi connectivity index (χ2n) is 5.53. The van der Waals surface area contributed by atoms with Crippen molar-refractivity contribution in [1.29, 1.82) is 0 Å². The molecule has 0 fully saturated rings. The number of nitrogens with zero attached hydrogens (tertiary/aromatic N) is 6. The lowest BCUT2D eigenvalue weighted by Crippen LogP contribution is -2.29. The molecule has 0 aliphatic rings. The summed E-state index contributed by atoms with van der Waals surface area (Å²) in [7, 11) is 1.72. The molecule has 0 aliphatic carbocycles. The topological polar surface area (TPSA) is 93.5 Å². The summed E-state index contributed by atoms with van der Waals surface area (Å²) in [4.78, 5) is 18.5. The molecule has 0 bridgehead atoms. The van der Waals surface area contributed by atoms with Crippen LogP contribution in [0, 0.1) is 6.92 Å². The average Bonchev–Trinajstić information content (AvgIpc) is 2.56. The normalized spacial score (nSPS) is 10.2. The standard InChI is InChI=1S/C16H20N6O2/c1-11(2)21-24-10-15(23)22(4)9-13-5-7-14(8-6-13)16-19-17-12(3)18-20-16/h5-8H,9-10H2,1-4H3. The SMILES string of the molecule is CC(C)=NOCC(=O)N(C)Cc1ccc(-c2nnc(C)nn2)cc1. The zero-order valence-corrected chi connectivity index (χ0v) is 14.2. The second kappa shape index (κ2) is 8.09. The van der Waals surface area contributed by atoms with Gasteiger partial charge in [-0.15, -0.1) is 20.4 Å². The van der Waals surface area contributed by atoms with Crippen molar-refractivity contribution in [3.05, 3.63) is 35.7 Å². The molecule has 2 aromatic rings. The molecule has 1 amide bonds. The van der Waals surface area contributed by atoms with Crippen LogP contribution in [0.1, 0.15) is 25.2 Å². The Morgan fingerprint density at radius 3 is 2.33 bits per heavy atom. The first-order valence-electron chi connectivity index (χ1n) is 7.46. The van der Waals surface area contributed by atoms with Gasteiger partial charge in [-0.05, 0) is 26.3 Å². The summed E-state index contributed by atoms with van der Waals surface area (Å²) >= 11 is 0. The molecule has 0 aliphatic heterocycles. The number of carbonyl (C=O) groups excluding carboxylic acids is 1. The smallest absolute Gasteiger partial charge is 0.263 e. The number of rotatable bonds is 6. The summed E-state index contributed by atoms with van der Waals surface area (Å²) in [6, 6.07) is 7.58. The van der Waals surface area contributed by atoms with Crippen LogP contribution in [-0.2, 0) is 16.2 Å². The van der Waals surface area contributed by atoms with Gasteiger partial charge in [0.2, 0.25) is 5.82 Å². The molecule has 8 nitrogen and oxygen atoms in total. The van der Waals surface area contributed by atoms with Crippen molar-refractivity contribution >= 4 is 11.6 Å². The van der Waals surface area contributed by atoms with E-state index in [0.717, 1.165) is 16.8 Å². The highest BCUT2D eigenvalue weighted by atomic mass is 16.6. The van der Waals surface area contributed by atoms with Crippen LogP contribution in [0.15, 0.2) is 29.4 Å². The fraction of sp³-hybridized carbons (Fsp3) is 0.375. The van der Waals surface area contributed by atoms with Crippen molar-refractivity contribution in [3.63, 3.8) is 0 Å². The molecular weight excluding hydrogens is 308 g/mol. The van der Waals surface area contributed by atoms with Gasteiger partial charge in [-0.3, -0.25) is 4.79 Å². The highest BCUT2D eigenvalue weighted by Gasteiger charge is 2.10. The fourth-order valence-electron chi connectivity index (χ4n) is 1.84. The van der Waals surface area contributed by atoms with Crippen molar-refractivity contribution in [2.24, 2.45) is 5.16 Å². The van der Waals surface area contributed by atoms with E-state index < -0.39 is 0 Å². The Labute approximate surface area is 140 Å². The molecule has 1 aromatic heterocycles. The zero-order chi connectivity index (χ0) is 17.5. The number of aryl methyl sites for hydroxylation is 1. The van der Waals surface area contributed by atoms with Crippen molar-refractivity contribution in [2.45, 2.75) is 27.3 Å². The molecule has 0 spiro atoms. The molecule has 1 heterocycles. The van der Waals surface area contributed by atoms with Crippen LogP contribution in [0.5, 0.6) is 0 Å². The van der Waals surface area contributed by atoms with Gasteiger partial charge in [-0.25, -0.2) is 0 Å². The van der Waals surface area contributed by atoms with Gasteiger partial charge >= 0.3 is 0 Å². The first-order valence-corrected chi connectivity index (χ1v) is 7.46. The molecule has 2 rings (SSSR count). The number of benzene rings is 1. The van der Waals surface area contributed by atoms with E-state index in [9.17, 15) is 4.79 Å². The Bertz CT molecular complexity index is 708. The lowest BCUT2D eigenvalue weighted by atomic mass is 10.1. The monoisotopic (exact) mass is 328 g/mol. The predicted octanol–water partition coefficient (Wildman–Crippen LogP) is 1.61. The quantitative estimate of drug-likeness (QED) is 0.591. The Morgan fingerprint density at radius 1 is 1.12 bits per heavy atom. The largest absolute Gasteiger partial charge is 0.386 e. The summed E-state index contributed by atoms with van der Waals surface area (Å²) < 4.78 is 0. The summed E-state index contributed by atoms with van der Waals surface area (Å²) in [6.45, 7) is 5.74. The van der Waals surface area contributed by atoms with Gasteiger partial charge in [0.15, 0.2) is 12.4 Å². The highest BCUT2D eigenvalue weighted by Crippen LogP contribution is 2.15. The minimum absolute atomic E-state index is 0.0751. The van der Waals surface area contributed by atoms with Crippen LogP contribution in [0.25, 0.3) is 11.4 Å². The van der Waals surface area contributed by atoms with Crippen LogP contribution in [0.3, 0.4) is 0 Å². The molecule has 0 N–H and O–H groups in total. The van der Waals surface area contributed by atoms with E-state index in [1.165, 1.54) is 0 Å². The van der Waals surface area contributed by atoms with Gasteiger partial charge in [0.05, 0.1) is 5.71 Å². The van der Waals surface area contributed by atoms with Gasteiger partial charge in [-0.1, -0.05) is 29.4 Å². The Kier molecular flexibility index (Phi) is 5.89. The summed E-state index contributed by atoms with van der Waals surface area (Å²) in [5.41, 5.74) is 2.57. The van der Waals surface area contributed by atoms with Gasteiger partial charge in [0.1, 0.15) is 0 Å². The molecule has 0 radical (unpaired) electrons. The van der Waals surface area contributed by atoms with E-state index in [1.807, 2.05) is 24.3 Å². The van der Waals surface area contributed by atoms with E-state index in [1.54, 1.807) is 32.7 Å². The lowest BCUT2D eigenvalue weighted by molar-refractivity contribution is -0.135. The predicted molar refractivity (Wildman–Crippen MR) is 89.0 cm³/mol. The van der Waals surface area contributed by atoms with Crippen LogP contribution in [0.2, 0.25) is 0 Å². The molecule has 0 unspecified atom stereocenters. The van der Waals surface area contributed by atoms with Crippen molar-refractivity contribution in [2.75, 3.05) is 13.7 Å². The maximum Gasteiger partial charge on any atom is 0.263 e. The Hall–Kier alpha value is -2.90. The number of aromatic nitrogens is 4. The molecule has 24 heavy (non-hydrogen) atoms. The fourth-order valence-corrected chi connectivity index (χ4v) is 1.84. The molecule has 0 saturated carbocycles. The average molecular weight is 328 g/mol. The maximum atomic E-state index is 11.9. The third-order valence-electron chi connectivity index (χ3n) is 3.07. The van der Waals surface area contributed by atoms with Crippen molar-refractivity contribution < 1.29 is 9.63 Å². The van der Waals surface area contributed by atoms with Gasteiger partial charge < -0.3 is 9.74 Å². The molecular formula is C16H20N6O2. The molecule has 1 aromatic carbocycles. The Morgan fingerprint density at radius 2 is 1.75 bits per heavy atom. The molecule has 0 atom stereocenters. The second-order valence-corrected chi connectivity index (χ2v) is 5.53. The minimum Gasteiger partial charge on any atom is -0.386 e. The maximum absolute atomic E-state index is 11.9. The van der Waals surface area contributed by atoms with Crippen molar-refractivity contribution in [3.8, 4) is 11.4 Å². The Balaban J connectivity index is 1.94. The van der Waals surface area contributed by atoms with Crippen molar-refractivity contribution in [1.82, 2.24) is 25.3 Å². The third kappa shape index (κ3) is 5.08. The summed E-state index contributed by atoms with van der Waals surface area (Å²) in [5.74, 6) is 0.859. The number of likely N-dealkylation sites (N-methyl/N-ethyl adjacent to an activating group) is 1. The number of oxime groups is 1. The van der Waals surface area contributed by atoms with E-state index >= 15 is 0 Å². The first-order chi connectivity index (χ1) is 11.5. The van der Waals surface area contributed by atoms with Crippen LogP contribution in [-0.4, -0.2) is 50.6 Å². The van der Waals surface area contributed by atoms with Gasteiger partial charge in [-0.2, -0.15) is 0 Å². The summed E-state index contributed by atoms with van der Waals surface area (Å²) in [5, 5.41) is 19.5. The minimum atomic E-state index is -0.139. The highest BCUT2D eigenvalue weighted by molar-refractivity contribution is 5.79. The number of hydrogen-bond donors (Lipinski definition) is 0. The van der Waals surface area contributed by atoms with Crippen LogP contribution < -0.4 is 0 Å². The molecule has 8 heteroatoms. The van der Waals surface area contributed by atoms with Gasteiger partial charge in [0.25, 0.3) is 5.91 Å². The molecule has 126 valence electrons. The number of amides is 1. The van der Waals surface area contributed by atoms with Crippen LogP contribution in [0.4, 0.5) is 0 Å².